The van der Waals surface area contributed by atoms with Gasteiger partial charge in [-0.05, 0) is 30.7 Å². The molecule has 0 spiro atoms. The first-order valence-corrected chi connectivity index (χ1v) is 7.79. The highest BCUT2D eigenvalue weighted by molar-refractivity contribution is 14.0. The number of halogens is 3. The van der Waals surface area contributed by atoms with Gasteiger partial charge in [-0.1, -0.05) is 6.07 Å². The van der Waals surface area contributed by atoms with Crippen molar-refractivity contribution in [2.45, 2.75) is 18.4 Å². The number of benzene rings is 2. The van der Waals surface area contributed by atoms with Crippen LogP contribution in [0.2, 0.25) is 0 Å². The predicted octanol–water partition coefficient (Wildman–Crippen LogP) is 3.88. The summed E-state index contributed by atoms with van der Waals surface area (Å²) in [4.78, 5) is 4.31. The molecule has 26 heavy (non-hydrogen) atoms. The number of methoxy groups -OCH3 is 2. The van der Waals surface area contributed by atoms with Crippen LogP contribution in [0.15, 0.2) is 41.4 Å². The molecule has 2 aromatic carbocycles. The molecular weight excluding hydrogens is 455 g/mol. The van der Waals surface area contributed by atoms with E-state index in [0.717, 1.165) is 0 Å². The Kier molecular flexibility index (Phi) is 6.63. The molecule has 3 rings (SSSR count). The van der Waals surface area contributed by atoms with Gasteiger partial charge in [0.1, 0.15) is 23.1 Å². The molecule has 2 atom stereocenters. The summed E-state index contributed by atoms with van der Waals surface area (Å²) in [5, 5.41) is 2.94. The number of aliphatic imine (C=N–C) groups is 1. The van der Waals surface area contributed by atoms with Crippen molar-refractivity contribution in [1.82, 2.24) is 0 Å². The van der Waals surface area contributed by atoms with Gasteiger partial charge in [0.15, 0.2) is 5.96 Å². The fourth-order valence-corrected chi connectivity index (χ4v) is 2.76. The monoisotopic (exact) mass is 475 g/mol. The number of nitrogens with two attached hydrogens (primary N) is 1. The van der Waals surface area contributed by atoms with E-state index in [-0.39, 0.29) is 47.5 Å². The number of ether oxygens (including phenoxy) is 2. The zero-order chi connectivity index (χ0) is 18.0. The number of hydrogen-bond acceptors (Lipinski definition) is 3. The summed E-state index contributed by atoms with van der Waals surface area (Å²) >= 11 is 0. The lowest BCUT2D eigenvalue weighted by Gasteiger charge is -2.12. The Hall–Kier alpha value is -2.10. The molecule has 1 aliphatic carbocycles. The molecule has 0 radical (unpaired) electrons. The molecule has 1 fully saturated rings. The van der Waals surface area contributed by atoms with E-state index in [1.54, 1.807) is 25.3 Å². The van der Waals surface area contributed by atoms with Gasteiger partial charge >= 0.3 is 0 Å². The topological polar surface area (TPSA) is 68.9 Å². The highest BCUT2D eigenvalue weighted by Crippen LogP contribution is 2.45. The standard InChI is InChI=1S/C18H19F2N3O2.HI/c1-24-10-6-7-16(25-2)15(8-10)23-18(21)22-14-9-11(14)17-12(19)4-3-5-13(17)20;/h3-8,11,14H,9H2,1-2H3,(H3,21,22,23);1H. The summed E-state index contributed by atoms with van der Waals surface area (Å²) in [6, 6.07) is 8.82. The first kappa shape index (κ1) is 20.2. The molecule has 1 aliphatic rings. The van der Waals surface area contributed by atoms with E-state index >= 15 is 0 Å². The zero-order valence-corrected chi connectivity index (χ0v) is 16.7. The molecule has 2 aromatic rings. The van der Waals surface area contributed by atoms with Crippen LogP contribution < -0.4 is 20.5 Å². The highest BCUT2D eigenvalue weighted by Gasteiger charge is 2.42. The highest BCUT2D eigenvalue weighted by atomic mass is 127. The lowest BCUT2D eigenvalue weighted by molar-refractivity contribution is 0.405. The summed E-state index contributed by atoms with van der Waals surface area (Å²) in [7, 11) is 3.10. The number of rotatable bonds is 5. The summed E-state index contributed by atoms with van der Waals surface area (Å²) in [6.45, 7) is 0. The van der Waals surface area contributed by atoms with E-state index in [1.165, 1.54) is 25.3 Å². The van der Waals surface area contributed by atoms with E-state index in [2.05, 4.69) is 10.3 Å². The number of guanidine groups is 1. The largest absolute Gasteiger partial charge is 0.497 e. The molecule has 0 amide bonds. The first-order chi connectivity index (χ1) is 12.0. The van der Waals surface area contributed by atoms with Gasteiger partial charge in [-0.2, -0.15) is 0 Å². The third-order valence-electron chi connectivity index (χ3n) is 4.10. The number of nitrogens with zero attached hydrogens (tertiary/aromatic N) is 1. The summed E-state index contributed by atoms with van der Waals surface area (Å²) < 4.78 is 38.1. The Morgan fingerprint density at radius 1 is 1.15 bits per heavy atom. The van der Waals surface area contributed by atoms with Gasteiger partial charge in [0.2, 0.25) is 0 Å². The van der Waals surface area contributed by atoms with Crippen LogP contribution in [0.4, 0.5) is 14.5 Å². The van der Waals surface area contributed by atoms with Crippen molar-refractivity contribution in [3.63, 3.8) is 0 Å². The SMILES string of the molecule is COc1ccc(OC)c(NC(N)=NC2CC2c2c(F)cccc2F)c1.I. The zero-order valence-electron chi connectivity index (χ0n) is 14.3. The maximum atomic E-state index is 13.8. The number of anilines is 1. The van der Waals surface area contributed by atoms with Crippen LogP contribution in [0.1, 0.15) is 17.9 Å². The average Bonchev–Trinajstić information content (AvgIpc) is 3.33. The molecule has 2 unspecified atom stereocenters. The predicted molar refractivity (Wildman–Crippen MR) is 108 cm³/mol. The molecule has 0 heterocycles. The Morgan fingerprint density at radius 2 is 1.85 bits per heavy atom. The molecule has 8 heteroatoms. The Morgan fingerprint density at radius 3 is 2.46 bits per heavy atom. The van der Waals surface area contributed by atoms with Gasteiger partial charge in [0.05, 0.1) is 25.9 Å². The normalized spacial score (nSPS) is 18.7. The maximum absolute atomic E-state index is 13.8. The van der Waals surface area contributed by atoms with Crippen LogP contribution >= 0.6 is 24.0 Å². The molecule has 3 N–H and O–H groups in total. The second kappa shape index (κ2) is 8.52. The Bertz CT molecular complexity index is 797. The van der Waals surface area contributed by atoms with Crippen molar-refractivity contribution in [2.75, 3.05) is 19.5 Å². The van der Waals surface area contributed by atoms with Gasteiger partial charge < -0.3 is 20.5 Å². The second-order valence-electron chi connectivity index (χ2n) is 5.75. The van der Waals surface area contributed by atoms with Crippen LogP contribution in [-0.2, 0) is 0 Å². The number of hydrogen-bond donors (Lipinski definition) is 2. The molecule has 0 aromatic heterocycles. The van der Waals surface area contributed by atoms with Gasteiger partial charge in [-0.25, -0.2) is 13.8 Å². The third kappa shape index (κ3) is 4.35. The lowest BCUT2D eigenvalue weighted by Crippen LogP contribution is -2.23. The first-order valence-electron chi connectivity index (χ1n) is 7.79. The minimum absolute atomic E-state index is 0. The lowest BCUT2D eigenvalue weighted by atomic mass is 10.1. The third-order valence-corrected chi connectivity index (χ3v) is 4.10. The fourth-order valence-electron chi connectivity index (χ4n) is 2.76. The minimum atomic E-state index is -0.552. The van der Waals surface area contributed by atoms with Crippen molar-refractivity contribution in [3.05, 3.63) is 53.6 Å². The summed E-state index contributed by atoms with van der Waals surface area (Å²) in [5.74, 6) is -0.0442. The Labute approximate surface area is 167 Å². The van der Waals surface area contributed by atoms with Gasteiger partial charge in [0, 0.05) is 17.5 Å². The van der Waals surface area contributed by atoms with Crippen LogP contribution in [0.5, 0.6) is 11.5 Å². The van der Waals surface area contributed by atoms with E-state index in [9.17, 15) is 8.78 Å². The van der Waals surface area contributed by atoms with Crippen LogP contribution in [0.25, 0.3) is 0 Å². The van der Waals surface area contributed by atoms with Crippen molar-refractivity contribution in [3.8, 4) is 11.5 Å². The van der Waals surface area contributed by atoms with Gasteiger partial charge in [-0.3, -0.25) is 0 Å². The molecule has 5 nitrogen and oxygen atoms in total. The van der Waals surface area contributed by atoms with Crippen molar-refractivity contribution >= 4 is 35.6 Å². The van der Waals surface area contributed by atoms with E-state index in [4.69, 9.17) is 15.2 Å². The molecular formula is C18H20F2IN3O2. The molecule has 0 aliphatic heterocycles. The minimum Gasteiger partial charge on any atom is -0.497 e. The summed E-state index contributed by atoms with van der Waals surface area (Å²) in [6.07, 6.45) is 0.551. The van der Waals surface area contributed by atoms with Crippen LogP contribution in [0, 0.1) is 11.6 Å². The Balaban J connectivity index is 0.00000243. The maximum Gasteiger partial charge on any atom is 0.193 e. The molecule has 0 bridgehead atoms. The van der Waals surface area contributed by atoms with E-state index in [1.807, 2.05) is 0 Å². The van der Waals surface area contributed by atoms with Crippen molar-refractivity contribution in [2.24, 2.45) is 10.7 Å². The molecule has 0 saturated heterocycles. The second-order valence-corrected chi connectivity index (χ2v) is 5.75. The quantitative estimate of drug-likeness (QED) is 0.392. The smallest absolute Gasteiger partial charge is 0.193 e. The fraction of sp³-hybridized carbons (Fsp3) is 0.278. The van der Waals surface area contributed by atoms with E-state index < -0.39 is 11.6 Å². The summed E-state index contributed by atoms with van der Waals surface area (Å²) in [5.41, 5.74) is 6.60. The van der Waals surface area contributed by atoms with Crippen molar-refractivity contribution in [1.29, 1.82) is 0 Å². The molecule has 140 valence electrons. The average molecular weight is 475 g/mol. The molecule has 1 saturated carbocycles. The number of nitrogens with one attached hydrogen (secondary N) is 1. The van der Waals surface area contributed by atoms with Crippen LogP contribution in [-0.4, -0.2) is 26.2 Å². The van der Waals surface area contributed by atoms with Crippen LogP contribution in [0.3, 0.4) is 0 Å². The van der Waals surface area contributed by atoms with Crippen molar-refractivity contribution < 1.29 is 18.3 Å². The van der Waals surface area contributed by atoms with Gasteiger partial charge in [-0.15, -0.1) is 24.0 Å². The van der Waals surface area contributed by atoms with E-state index in [0.29, 0.717) is 23.6 Å². The van der Waals surface area contributed by atoms with Gasteiger partial charge in [0.25, 0.3) is 0 Å².